The molecule has 18 heavy (non-hydrogen) atoms. The molecule has 0 bridgehead atoms. The van der Waals surface area contributed by atoms with Crippen molar-refractivity contribution in [3.8, 4) is 12.1 Å². The Balaban J connectivity index is 4.07. The van der Waals surface area contributed by atoms with Crippen LogP contribution in [0.1, 0.15) is 33.1 Å². The molecule has 5 nitrogen and oxygen atoms in total. The van der Waals surface area contributed by atoms with Crippen LogP contribution in [0.2, 0.25) is 0 Å². The smallest absolute Gasteiger partial charge is 0.223 e. The van der Waals surface area contributed by atoms with Gasteiger partial charge in [0, 0.05) is 45.6 Å². The summed E-state index contributed by atoms with van der Waals surface area (Å²) in [5.74, 6) is 0.0489. The topological polar surface area (TPSA) is 71.1 Å². The van der Waals surface area contributed by atoms with Crippen LogP contribution in [0, 0.1) is 22.7 Å². The lowest BCUT2D eigenvalue weighted by Crippen LogP contribution is -2.36. The summed E-state index contributed by atoms with van der Waals surface area (Å²) in [5.41, 5.74) is 0. The van der Waals surface area contributed by atoms with Crippen LogP contribution in [0.4, 0.5) is 0 Å². The number of carbonyl (C=O) groups is 1. The van der Waals surface area contributed by atoms with Crippen LogP contribution in [0.25, 0.3) is 0 Å². The zero-order chi connectivity index (χ0) is 14.0. The Labute approximate surface area is 110 Å². The van der Waals surface area contributed by atoms with Gasteiger partial charge in [0.25, 0.3) is 0 Å². The first-order valence-electron chi connectivity index (χ1n) is 6.24. The van der Waals surface area contributed by atoms with E-state index in [1.165, 1.54) is 0 Å². The van der Waals surface area contributed by atoms with Gasteiger partial charge in [-0.15, -0.1) is 0 Å². The molecule has 0 fully saturated rings. The number of carbonyl (C=O) groups excluding carboxylic acids is 1. The maximum atomic E-state index is 11.8. The molecule has 0 rings (SSSR count). The van der Waals surface area contributed by atoms with E-state index in [1.807, 2.05) is 6.07 Å². The molecule has 1 amide bonds. The van der Waals surface area contributed by atoms with Crippen LogP contribution >= 0.6 is 0 Å². The molecule has 0 saturated carbocycles. The SMILES string of the molecule is CC(C)N(CCC#N)CCC(=O)N(C)CCC#N. The van der Waals surface area contributed by atoms with Crippen LogP contribution in [0.3, 0.4) is 0 Å². The fraction of sp³-hybridized carbons (Fsp3) is 0.769. The van der Waals surface area contributed by atoms with Crippen LogP contribution in [-0.4, -0.2) is 48.4 Å². The number of hydrogen-bond donors (Lipinski definition) is 0. The molecule has 0 aliphatic heterocycles. The molecule has 0 saturated heterocycles. The number of nitriles is 2. The Morgan fingerprint density at radius 1 is 1.11 bits per heavy atom. The van der Waals surface area contributed by atoms with Crippen LogP contribution < -0.4 is 0 Å². The van der Waals surface area contributed by atoms with Gasteiger partial charge in [0.15, 0.2) is 0 Å². The standard InChI is InChI=1S/C13H22N4O/c1-12(2)17(10-5-8-15)11-6-13(18)16(3)9-4-7-14/h12H,4-6,9-11H2,1-3H3. The van der Waals surface area contributed by atoms with Crippen molar-refractivity contribution in [1.82, 2.24) is 9.80 Å². The van der Waals surface area contributed by atoms with Gasteiger partial charge in [-0.25, -0.2) is 0 Å². The van der Waals surface area contributed by atoms with Crippen LogP contribution in [0.15, 0.2) is 0 Å². The molecule has 0 radical (unpaired) electrons. The highest BCUT2D eigenvalue weighted by Crippen LogP contribution is 2.03. The van der Waals surface area contributed by atoms with E-state index in [9.17, 15) is 4.79 Å². The van der Waals surface area contributed by atoms with Crippen molar-refractivity contribution in [2.45, 2.75) is 39.2 Å². The highest BCUT2D eigenvalue weighted by Gasteiger charge is 2.13. The first-order valence-corrected chi connectivity index (χ1v) is 6.24. The molecular formula is C13H22N4O. The van der Waals surface area contributed by atoms with E-state index in [4.69, 9.17) is 10.5 Å². The lowest BCUT2D eigenvalue weighted by atomic mass is 10.2. The number of nitrogens with zero attached hydrogens (tertiary/aromatic N) is 4. The second kappa shape index (κ2) is 9.44. The van der Waals surface area contributed by atoms with E-state index >= 15 is 0 Å². The summed E-state index contributed by atoms with van der Waals surface area (Å²) in [5, 5.41) is 17.0. The van der Waals surface area contributed by atoms with E-state index in [2.05, 4.69) is 24.8 Å². The molecule has 0 aliphatic carbocycles. The highest BCUT2D eigenvalue weighted by atomic mass is 16.2. The maximum Gasteiger partial charge on any atom is 0.223 e. The van der Waals surface area contributed by atoms with E-state index in [0.29, 0.717) is 44.9 Å². The normalized spacial score (nSPS) is 10.2. The molecule has 0 spiro atoms. The summed E-state index contributed by atoms with van der Waals surface area (Å²) >= 11 is 0. The van der Waals surface area contributed by atoms with Gasteiger partial charge in [0.05, 0.1) is 18.6 Å². The average Bonchev–Trinajstić information content (AvgIpc) is 2.35. The van der Waals surface area contributed by atoms with Gasteiger partial charge < -0.3 is 4.90 Å². The Kier molecular flexibility index (Phi) is 8.61. The fourth-order valence-corrected chi connectivity index (χ4v) is 1.59. The Hall–Kier alpha value is -1.59. The third kappa shape index (κ3) is 6.88. The van der Waals surface area contributed by atoms with Gasteiger partial charge in [0.2, 0.25) is 5.91 Å². The molecule has 0 heterocycles. The van der Waals surface area contributed by atoms with E-state index in [1.54, 1.807) is 11.9 Å². The molecule has 100 valence electrons. The molecule has 0 aromatic heterocycles. The lowest BCUT2D eigenvalue weighted by Gasteiger charge is -2.26. The minimum absolute atomic E-state index is 0.0489. The number of amides is 1. The first-order chi connectivity index (χ1) is 8.52. The minimum Gasteiger partial charge on any atom is -0.345 e. The molecule has 0 unspecified atom stereocenters. The lowest BCUT2D eigenvalue weighted by molar-refractivity contribution is -0.130. The second-order valence-corrected chi connectivity index (χ2v) is 4.51. The first kappa shape index (κ1) is 16.4. The molecular weight excluding hydrogens is 228 g/mol. The van der Waals surface area contributed by atoms with Crippen molar-refractivity contribution in [3.63, 3.8) is 0 Å². The van der Waals surface area contributed by atoms with E-state index in [-0.39, 0.29) is 5.91 Å². The van der Waals surface area contributed by atoms with E-state index in [0.717, 1.165) is 0 Å². The molecule has 0 N–H and O–H groups in total. The fourth-order valence-electron chi connectivity index (χ4n) is 1.59. The van der Waals surface area contributed by atoms with Gasteiger partial charge >= 0.3 is 0 Å². The predicted molar refractivity (Wildman–Crippen MR) is 69.4 cm³/mol. The molecule has 0 aliphatic rings. The zero-order valence-electron chi connectivity index (χ0n) is 11.5. The second-order valence-electron chi connectivity index (χ2n) is 4.51. The van der Waals surface area contributed by atoms with Crippen LogP contribution in [-0.2, 0) is 4.79 Å². The van der Waals surface area contributed by atoms with Gasteiger partial charge in [-0.2, -0.15) is 10.5 Å². The summed E-state index contributed by atoms with van der Waals surface area (Å²) in [7, 11) is 1.72. The molecule has 5 heteroatoms. The monoisotopic (exact) mass is 250 g/mol. The van der Waals surface area contributed by atoms with Gasteiger partial charge in [-0.05, 0) is 13.8 Å². The van der Waals surface area contributed by atoms with Crippen molar-refractivity contribution >= 4 is 5.91 Å². The van der Waals surface area contributed by atoms with Crippen molar-refractivity contribution in [2.75, 3.05) is 26.7 Å². The summed E-state index contributed by atoms with van der Waals surface area (Å²) in [6.45, 7) is 5.95. The summed E-state index contributed by atoms with van der Waals surface area (Å²) < 4.78 is 0. The summed E-state index contributed by atoms with van der Waals surface area (Å²) in [4.78, 5) is 15.5. The highest BCUT2D eigenvalue weighted by molar-refractivity contribution is 5.76. The molecule has 0 atom stereocenters. The van der Waals surface area contributed by atoms with Gasteiger partial charge in [-0.1, -0.05) is 0 Å². The summed E-state index contributed by atoms with van der Waals surface area (Å²) in [6.07, 6.45) is 1.28. The predicted octanol–water partition coefficient (Wildman–Crippen LogP) is 1.37. The van der Waals surface area contributed by atoms with Crippen molar-refractivity contribution in [1.29, 1.82) is 10.5 Å². The average molecular weight is 250 g/mol. The largest absolute Gasteiger partial charge is 0.345 e. The molecule has 0 aromatic rings. The Morgan fingerprint density at radius 2 is 1.67 bits per heavy atom. The minimum atomic E-state index is 0.0489. The van der Waals surface area contributed by atoms with Gasteiger partial charge in [-0.3, -0.25) is 9.69 Å². The summed E-state index contributed by atoms with van der Waals surface area (Å²) in [6, 6.07) is 4.47. The Bertz CT molecular complexity index is 327. The quantitative estimate of drug-likeness (QED) is 0.652. The zero-order valence-corrected chi connectivity index (χ0v) is 11.5. The third-order valence-electron chi connectivity index (χ3n) is 2.84. The number of hydrogen-bond acceptors (Lipinski definition) is 4. The van der Waals surface area contributed by atoms with E-state index < -0.39 is 0 Å². The van der Waals surface area contributed by atoms with Crippen molar-refractivity contribution < 1.29 is 4.79 Å². The van der Waals surface area contributed by atoms with Gasteiger partial charge in [0.1, 0.15) is 0 Å². The third-order valence-corrected chi connectivity index (χ3v) is 2.84. The Morgan fingerprint density at radius 3 is 2.17 bits per heavy atom. The maximum absolute atomic E-state index is 11.8. The van der Waals surface area contributed by atoms with Crippen molar-refractivity contribution in [3.05, 3.63) is 0 Å². The number of rotatable bonds is 8. The van der Waals surface area contributed by atoms with Crippen LogP contribution in [0.5, 0.6) is 0 Å². The molecule has 0 aromatic carbocycles. The van der Waals surface area contributed by atoms with Crippen molar-refractivity contribution in [2.24, 2.45) is 0 Å².